The lowest BCUT2D eigenvalue weighted by Crippen LogP contribution is -2.47. The maximum atomic E-state index is 14.2. The Labute approximate surface area is 292 Å². The van der Waals surface area contributed by atoms with Crippen molar-refractivity contribution < 1.29 is 37.8 Å². The molecule has 1 aromatic heterocycles. The van der Waals surface area contributed by atoms with Crippen LogP contribution >= 0.6 is 0 Å². The number of ketones is 1. The molecular formula is C39H48FN3O7. The highest BCUT2D eigenvalue weighted by molar-refractivity contribution is 5.96. The Hall–Kier alpha value is -4.25. The predicted molar refractivity (Wildman–Crippen MR) is 185 cm³/mol. The number of likely N-dealkylation sites (tertiary alicyclic amines) is 1. The molecule has 0 spiro atoms. The summed E-state index contributed by atoms with van der Waals surface area (Å²) in [6.45, 7) is 1.40. The van der Waals surface area contributed by atoms with E-state index in [2.05, 4.69) is 4.98 Å². The number of hydrogen-bond acceptors (Lipinski definition) is 8. The van der Waals surface area contributed by atoms with Gasteiger partial charge in [0.25, 0.3) is 0 Å². The van der Waals surface area contributed by atoms with E-state index in [-0.39, 0.29) is 47.7 Å². The average molecular weight is 690 g/mol. The molecule has 1 unspecified atom stereocenters. The second kappa shape index (κ2) is 16.2. The molecule has 4 atom stereocenters. The lowest BCUT2D eigenvalue weighted by Gasteiger charge is -2.35. The van der Waals surface area contributed by atoms with Crippen molar-refractivity contribution >= 4 is 34.7 Å². The smallest absolute Gasteiger partial charge is 0.431 e. The second-order valence-electron chi connectivity index (χ2n) is 14.2. The van der Waals surface area contributed by atoms with Crippen molar-refractivity contribution in [2.45, 2.75) is 108 Å². The summed E-state index contributed by atoms with van der Waals surface area (Å²) in [7, 11) is 0. The van der Waals surface area contributed by atoms with Crippen molar-refractivity contribution in [3.05, 3.63) is 71.4 Å². The third-order valence-electron chi connectivity index (χ3n) is 10.8. The number of amides is 1. The van der Waals surface area contributed by atoms with E-state index >= 15 is 0 Å². The standard InChI is InChI=1S/C39H48FN3O7/c1-24(49-39(47)50-30-10-6-3-7-11-30)48-38(46)34-22-29-20-25(12-17-33(29)42-34)21-35(44)36-31(26-8-4-2-5-9-26)18-19-43(36)37(45)28-15-13-27(14-16-28)32(41)23-40/h2,4-5,8-9,12,17,20,22,24,27-28,30-32,36,42H,3,6-7,10-11,13-16,18-19,21,23,41H2,1H3/t24?,27?,28?,31-,32-,36+/m1/s1. The first-order valence-corrected chi connectivity index (χ1v) is 18.1. The van der Waals surface area contributed by atoms with Crippen LogP contribution in [0.15, 0.2) is 54.6 Å². The first-order valence-electron chi connectivity index (χ1n) is 18.1. The zero-order chi connectivity index (χ0) is 35.2. The summed E-state index contributed by atoms with van der Waals surface area (Å²) < 4.78 is 29.0. The molecule has 1 aliphatic heterocycles. The Bertz CT molecular complexity index is 1650. The quantitative estimate of drug-likeness (QED) is 0.166. The van der Waals surface area contributed by atoms with Gasteiger partial charge in [0, 0.05) is 48.7 Å². The third kappa shape index (κ3) is 8.37. The van der Waals surface area contributed by atoms with Gasteiger partial charge >= 0.3 is 12.1 Å². The van der Waals surface area contributed by atoms with Gasteiger partial charge in [-0.25, -0.2) is 14.0 Å². The molecule has 2 saturated carbocycles. The van der Waals surface area contributed by atoms with Crippen LogP contribution in [0, 0.1) is 11.8 Å². The predicted octanol–water partition coefficient (Wildman–Crippen LogP) is 6.76. The van der Waals surface area contributed by atoms with Gasteiger partial charge in [-0.3, -0.25) is 9.59 Å². The average Bonchev–Trinajstić information content (AvgIpc) is 3.77. The molecule has 50 heavy (non-hydrogen) atoms. The van der Waals surface area contributed by atoms with Crippen LogP contribution < -0.4 is 5.73 Å². The molecule has 6 rings (SSSR count). The van der Waals surface area contributed by atoms with Crippen molar-refractivity contribution in [1.82, 2.24) is 9.88 Å². The Morgan fingerprint density at radius 2 is 1.66 bits per heavy atom. The number of alkyl halides is 1. The molecule has 2 aliphatic carbocycles. The van der Waals surface area contributed by atoms with Gasteiger partial charge in [-0.1, -0.05) is 42.8 Å². The van der Waals surface area contributed by atoms with Gasteiger partial charge in [0.2, 0.25) is 12.2 Å². The van der Waals surface area contributed by atoms with Gasteiger partial charge in [0.15, 0.2) is 5.78 Å². The van der Waals surface area contributed by atoms with Gasteiger partial charge in [0.05, 0.1) is 6.04 Å². The Kier molecular flexibility index (Phi) is 11.5. The van der Waals surface area contributed by atoms with Crippen LogP contribution in [0.25, 0.3) is 10.9 Å². The molecule has 0 bridgehead atoms. The number of Topliss-reactive ketones (excluding diaryl/α,β-unsaturated/α-hetero) is 1. The summed E-state index contributed by atoms with van der Waals surface area (Å²) >= 11 is 0. The minimum atomic E-state index is -1.14. The number of rotatable bonds is 11. The topological polar surface area (TPSA) is 141 Å². The van der Waals surface area contributed by atoms with E-state index in [4.69, 9.17) is 19.9 Å². The summed E-state index contributed by atoms with van der Waals surface area (Å²) in [4.78, 5) is 58.0. The van der Waals surface area contributed by atoms with E-state index in [0.29, 0.717) is 44.2 Å². The molecule has 3 N–H and O–H groups in total. The number of halogens is 1. The molecule has 3 aromatic rings. The summed E-state index contributed by atoms with van der Waals surface area (Å²) in [5.74, 6) is -0.978. The van der Waals surface area contributed by atoms with Gasteiger partial charge in [-0.05, 0) is 93.0 Å². The molecule has 1 saturated heterocycles. The number of hydrogen-bond donors (Lipinski definition) is 2. The van der Waals surface area contributed by atoms with E-state index in [1.54, 1.807) is 11.0 Å². The van der Waals surface area contributed by atoms with Crippen molar-refractivity contribution in [1.29, 1.82) is 0 Å². The Balaban J connectivity index is 1.11. The number of aromatic amines is 1. The maximum absolute atomic E-state index is 14.2. The van der Waals surface area contributed by atoms with Gasteiger partial charge in [-0.15, -0.1) is 0 Å². The molecule has 3 aliphatic rings. The number of H-pyrrole nitrogens is 1. The number of fused-ring (bicyclic) bond motifs is 1. The summed E-state index contributed by atoms with van der Waals surface area (Å²) in [5, 5.41) is 0.717. The summed E-state index contributed by atoms with van der Waals surface area (Å²) in [6, 6.07) is 15.9. The van der Waals surface area contributed by atoms with Crippen LogP contribution in [0.1, 0.15) is 98.7 Å². The zero-order valence-electron chi connectivity index (χ0n) is 28.7. The Morgan fingerprint density at radius 3 is 2.38 bits per heavy atom. The van der Waals surface area contributed by atoms with E-state index in [0.717, 1.165) is 48.6 Å². The lowest BCUT2D eigenvalue weighted by molar-refractivity contribution is -0.142. The summed E-state index contributed by atoms with van der Waals surface area (Å²) in [5.41, 5.74) is 8.61. The molecule has 1 amide bonds. The number of carbonyl (C=O) groups excluding carboxylic acids is 4. The number of aromatic nitrogens is 1. The van der Waals surface area contributed by atoms with Crippen LogP contribution in [0.5, 0.6) is 0 Å². The third-order valence-corrected chi connectivity index (χ3v) is 10.8. The van der Waals surface area contributed by atoms with Crippen molar-refractivity contribution in [2.24, 2.45) is 17.6 Å². The lowest BCUT2D eigenvalue weighted by atomic mass is 9.78. The molecule has 268 valence electrons. The molecule has 10 nitrogen and oxygen atoms in total. The number of ether oxygens (including phenoxy) is 3. The highest BCUT2D eigenvalue weighted by Gasteiger charge is 2.44. The Morgan fingerprint density at radius 1 is 0.920 bits per heavy atom. The largest absolute Gasteiger partial charge is 0.511 e. The molecule has 2 heterocycles. The molecule has 11 heteroatoms. The van der Waals surface area contributed by atoms with Crippen LogP contribution in [0.3, 0.4) is 0 Å². The number of esters is 1. The zero-order valence-corrected chi connectivity index (χ0v) is 28.7. The molecule has 2 aromatic carbocycles. The normalized spacial score (nSPS) is 24.0. The molecular weight excluding hydrogens is 641 g/mol. The van der Waals surface area contributed by atoms with Gasteiger partial charge in [-0.2, -0.15) is 0 Å². The van der Waals surface area contributed by atoms with Crippen molar-refractivity contribution in [3.8, 4) is 0 Å². The SMILES string of the molecule is CC(OC(=O)OC1CCCCC1)OC(=O)c1cc2cc(CC(=O)[C@@H]3[C@@H](c4ccccc4)CCN3C(=O)C3CCC([C@H](N)CF)CC3)ccc2[nH]1. The minimum Gasteiger partial charge on any atom is -0.431 e. The number of benzene rings is 2. The number of nitrogens with two attached hydrogens (primary N) is 1. The minimum absolute atomic E-state index is 0.00116. The maximum Gasteiger partial charge on any atom is 0.511 e. The fraction of sp³-hybridized carbons (Fsp3) is 0.538. The van der Waals surface area contributed by atoms with E-state index in [1.807, 2.05) is 48.5 Å². The van der Waals surface area contributed by atoms with E-state index in [9.17, 15) is 23.6 Å². The monoisotopic (exact) mass is 689 g/mol. The fourth-order valence-corrected chi connectivity index (χ4v) is 8.07. The first-order chi connectivity index (χ1) is 24.2. The van der Waals surface area contributed by atoms with E-state index < -0.39 is 37.2 Å². The number of carbonyl (C=O) groups is 4. The number of nitrogens with zero attached hydrogens (tertiary/aromatic N) is 1. The van der Waals surface area contributed by atoms with Crippen molar-refractivity contribution in [2.75, 3.05) is 13.2 Å². The molecule has 3 fully saturated rings. The molecule has 0 radical (unpaired) electrons. The highest BCUT2D eigenvalue weighted by atomic mass is 19.1. The second-order valence-corrected chi connectivity index (χ2v) is 14.2. The fourth-order valence-electron chi connectivity index (χ4n) is 8.07. The van der Waals surface area contributed by atoms with Crippen molar-refractivity contribution in [3.63, 3.8) is 0 Å². The van der Waals surface area contributed by atoms with Crippen LogP contribution in [0.2, 0.25) is 0 Å². The van der Waals surface area contributed by atoms with Crippen LogP contribution in [-0.2, 0) is 30.2 Å². The van der Waals surface area contributed by atoms with Crippen LogP contribution in [-0.4, -0.2) is 71.4 Å². The van der Waals surface area contributed by atoms with Gasteiger partial charge < -0.3 is 29.8 Å². The summed E-state index contributed by atoms with van der Waals surface area (Å²) in [6.07, 6.45) is 6.10. The van der Waals surface area contributed by atoms with Gasteiger partial charge in [0.1, 0.15) is 18.5 Å². The number of nitrogens with one attached hydrogen (secondary N) is 1. The van der Waals surface area contributed by atoms with Crippen LogP contribution in [0.4, 0.5) is 9.18 Å². The highest BCUT2D eigenvalue weighted by Crippen LogP contribution is 2.39. The first kappa shape index (κ1) is 35.6. The van der Waals surface area contributed by atoms with E-state index in [1.165, 1.54) is 6.92 Å².